The molecule has 1 aliphatic rings. The number of carbonyl (C=O) groups excluding carboxylic acids is 1. The summed E-state index contributed by atoms with van der Waals surface area (Å²) in [5, 5.41) is 7.65. The van der Waals surface area contributed by atoms with Gasteiger partial charge in [-0.25, -0.2) is 4.79 Å². The van der Waals surface area contributed by atoms with Gasteiger partial charge < -0.3 is 10.6 Å². The SMILES string of the molecule is Cc1ccsc1C1CNC(=O)N1. The third-order valence-electron chi connectivity index (χ3n) is 1.99. The summed E-state index contributed by atoms with van der Waals surface area (Å²) < 4.78 is 0. The Balaban J connectivity index is 2.21. The Kier molecular flexibility index (Phi) is 1.77. The zero-order valence-electron chi connectivity index (χ0n) is 6.76. The summed E-state index contributed by atoms with van der Waals surface area (Å²) in [5.41, 5.74) is 1.26. The van der Waals surface area contributed by atoms with E-state index >= 15 is 0 Å². The molecule has 3 nitrogen and oxygen atoms in total. The number of nitrogens with one attached hydrogen (secondary N) is 2. The summed E-state index contributed by atoms with van der Waals surface area (Å²) in [5.74, 6) is 0. The molecule has 2 N–H and O–H groups in total. The Morgan fingerprint density at radius 3 is 3.00 bits per heavy atom. The molecule has 2 heterocycles. The van der Waals surface area contributed by atoms with Crippen LogP contribution in [0.1, 0.15) is 16.5 Å². The van der Waals surface area contributed by atoms with E-state index in [0.717, 1.165) is 0 Å². The van der Waals surface area contributed by atoms with Crippen molar-refractivity contribution in [2.45, 2.75) is 13.0 Å². The second-order valence-corrected chi connectivity index (χ2v) is 3.82. The third-order valence-corrected chi connectivity index (χ3v) is 3.12. The summed E-state index contributed by atoms with van der Waals surface area (Å²) >= 11 is 1.69. The van der Waals surface area contributed by atoms with Crippen molar-refractivity contribution in [3.05, 3.63) is 21.9 Å². The first-order valence-corrected chi connectivity index (χ1v) is 4.73. The highest BCUT2D eigenvalue weighted by molar-refractivity contribution is 7.10. The Morgan fingerprint density at radius 1 is 1.67 bits per heavy atom. The van der Waals surface area contributed by atoms with Crippen molar-refractivity contribution in [1.29, 1.82) is 0 Å². The van der Waals surface area contributed by atoms with Crippen LogP contribution in [0, 0.1) is 6.92 Å². The maximum absolute atomic E-state index is 10.8. The summed E-state index contributed by atoms with van der Waals surface area (Å²) in [6, 6.07) is 2.19. The van der Waals surface area contributed by atoms with Crippen molar-refractivity contribution in [3.8, 4) is 0 Å². The first-order chi connectivity index (χ1) is 5.77. The Bertz CT molecular complexity index is 308. The number of hydrogen-bond acceptors (Lipinski definition) is 2. The number of thiophene rings is 1. The molecule has 1 atom stereocenters. The van der Waals surface area contributed by atoms with Crippen LogP contribution in [0.5, 0.6) is 0 Å². The monoisotopic (exact) mass is 182 g/mol. The molecule has 64 valence electrons. The number of hydrogen-bond donors (Lipinski definition) is 2. The molecule has 0 radical (unpaired) electrons. The van der Waals surface area contributed by atoms with Gasteiger partial charge in [-0.05, 0) is 23.9 Å². The van der Waals surface area contributed by atoms with Crippen molar-refractivity contribution in [2.75, 3.05) is 6.54 Å². The maximum atomic E-state index is 10.8. The minimum absolute atomic E-state index is 0.0622. The van der Waals surface area contributed by atoms with Crippen molar-refractivity contribution in [2.24, 2.45) is 0 Å². The van der Waals surface area contributed by atoms with E-state index in [2.05, 4.69) is 29.0 Å². The highest BCUT2D eigenvalue weighted by Gasteiger charge is 2.23. The molecule has 0 spiro atoms. The molecular formula is C8H10N2OS. The maximum Gasteiger partial charge on any atom is 0.315 e. The van der Waals surface area contributed by atoms with Crippen LogP contribution in [0.2, 0.25) is 0 Å². The molecule has 1 fully saturated rings. The fourth-order valence-electron chi connectivity index (χ4n) is 1.35. The zero-order valence-corrected chi connectivity index (χ0v) is 7.57. The molecule has 0 bridgehead atoms. The molecule has 0 aromatic carbocycles. The molecule has 1 aromatic heterocycles. The van der Waals surface area contributed by atoms with Crippen molar-refractivity contribution in [1.82, 2.24) is 10.6 Å². The van der Waals surface area contributed by atoms with Gasteiger partial charge in [-0.3, -0.25) is 0 Å². The van der Waals surface area contributed by atoms with E-state index in [1.807, 2.05) is 0 Å². The third kappa shape index (κ3) is 1.18. The largest absolute Gasteiger partial charge is 0.336 e. The van der Waals surface area contributed by atoms with Crippen LogP contribution < -0.4 is 10.6 Å². The smallest absolute Gasteiger partial charge is 0.315 e. The lowest BCUT2D eigenvalue weighted by Crippen LogP contribution is -2.21. The number of amides is 2. The number of carbonyl (C=O) groups is 1. The first kappa shape index (κ1) is 7.61. The van der Waals surface area contributed by atoms with E-state index in [0.29, 0.717) is 6.54 Å². The summed E-state index contributed by atoms with van der Waals surface area (Å²) in [4.78, 5) is 12.1. The molecule has 4 heteroatoms. The molecule has 0 saturated carbocycles. The van der Waals surface area contributed by atoms with Crippen LogP contribution in [-0.2, 0) is 0 Å². The van der Waals surface area contributed by atoms with E-state index in [-0.39, 0.29) is 12.1 Å². The average molecular weight is 182 g/mol. The highest BCUT2D eigenvalue weighted by Crippen LogP contribution is 2.24. The minimum atomic E-state index is -0.0622. The lowest BCUT2D eigenvalue weighted by molar-refractivity contribution is 0.247. The van der Waals surface area contributed by atoms with Crippen LogP contribution >= 0.6 is 11.3 Å². The first-order valence-electron chi connectivity index (χ1n) is 3.86. The van der Waals surface area contributed by atoms with E-state index in [4.69, 9.17) is 0 Å². The topological polar surface area (TPSA) is 41.1 Å². The van der Waals surface area contributed by atoms with E-state index < -0.39 is 0 Å². The zero-order chi connectivity index (χ0) is 8.55. The van der Waals surface area contributed by atoms with Gasteiger partial charge in [0, 0.05) is 11.4 Å². The van der Waals surface area contributed by atoms with E-state index in [9.17, 15) is 4.79 Å². The standard InChI is InChI=1S/C8H10N2OS/c1-5-2-3-12-7(5)6-4-9-8(11)10-6/h2-3,6H,4H2,1H3,(H2,9,10,11). The molecule has 1 aliphatic heterocycles. The van der Waals surface area contributed by atoms with Crippen LogP contribution in [0.15, 0.2) is 11.4 Å². The Morgan fingerprint density at radius 2 is 2.50 bits per heavy atom. The predicted molar refractivity (Wildman–Crippen MR) is 48.3 cm³/mol. The number of urea groups is 1. The van der Waals surface area contributed by atoms with E-state index in [1.54, 1.807) is 11.3 Å². The van der Waals surface area contributed by atoms with Gasteiger partial charge >= 0.3 is 6.03 Å². The van der Waals surface area contributed by atoms with Crippen LogP contribution in [0.3, 0.4) is 0 Å². The second-order valence-electron chi connectivity index (χ2n) is 2.87. The second kappa shape index (κ2) is 2.79. The van der Waals surface area contributed by atoms with Crippen molar-refractivity contribution >= 4 is 17.4 Å². The molecule has 1 unspecified atom stereocenters. The van der Waals surface area contributed by atoms with Gasteiger partial charge in [0.1, 0.15) is 0 Å². The average Bonchev–Trinajstić information content (AvgIpc) is 2.58. The van der Waals surface area contributed by atoms with Crippen LogP contribution in [0.25, 0.3) is 0 Å². The Labute approximate surface area is 74.8 Å². The number of aryl methyl sites for hydroxylation is 1. The minimum Gasteiger partial charge on any atom is -0.336 e. The molecule has 1 saturated heterocycles. The molecule has 0 aliphatic carbocycles. The van der Waals surface area contributed by atoms with Gasteiger partial charge in [-0.2, -0.15) is 0 Å². The predicted octanol–water partition coefficient (Wildman–Crippen LogP) is 1.41. The summed E-state index contributed by atoms with van der Waals surface area (Å²) in [6.45, 7) is 2.77. The van der Waals surface area contributed by atoms with Gasteiger partial charge in [-0.15, -0.1) is 11.3 Å². The normalized spacial score (nSPS) is 22.1. The fourth-order valence-corrected chi connectivity index (χ4v) is 2.33. The van der Waals surface area contributed by atoms with Gasteiger partial charge in [0.05, 0.1) is 6.04 Å². The van der Waals surface area contributed by atoms with Crippen molar-refractivity contribution < 1.29 is 4.79 Å². The van der Waals surface area contributed by atoms with Gasteiger partial charge in [0.15, 0.2) is 0 Å². The van der Waals surface area contributed by atoms with Gasteiger partial charge in [0.25, 0.3) is 0 Å². The molecule has 12 heavy (non-hydrogen) atoms. The van der Waals surface area contributed by atoms with E-state index in [1.165, 1.54) is 10.4 Å². The van der Waals surface area contributed by atoms with Gasteiger partial charge in [0.2, 0.25) is 0 Å². The molecule has 2 amide bonds. The summed E-state index contributed by atoms with van der Waals surface area (Å²) in [6.07, 6.45) is 0. The Hall–Kier alpha value is -1.03. The fraction of sp³-hybridized carbons (Fsp3) is 0.375. The lowest BCUT2D eigenvalue weighted by atomic mass is 10.2. The quantitative estimate of drug-likeness (QED) is 0.677. The number of rotatable bonds is 1. The lowest BCUT2D eigenvalue weighted by Gasteiger charge is -2.06. The molecule has 2 rings (SSSR count). The molecular weight excluding hydrogens is 172 g/mol. The summed E-state index contributed by atoms with van der Waals surface area (Å²) in [7, 11) is 0. The van der Waals surface area contributed by atoms with Crippen LogP contribution in [0.4, 0.5) is 4.79 Å². The van der Waals surface area contributed by atoms with Crippen molar-refractivity contribution in [3.63, 3.8) is 0 Å². The highest BCUT2D eigenvalue weighted by atomic mass is 32.1. The van der Waals surface area contributed by atoms with Crippen LogP contribution in [-0.4, -0.2) is 12.6 Å². The molecule has 1 aromatic rings. The van der Waals surface area contributed by atoms with Gasteiger partial charge in [-0.1, -0.05) is 0 Å².